The Hall–Kier alpha value is -1.56. The Morgan fingerprint density at radius 2 is 2.33 bits per heavy atom. The van der Waals surface area contributed by atoms with Crippen LogP contribution in [0, 0.1) is 10.1 Å². The van der Waals surface area contributed by atoms with Crippen LogP contribution in [-0.2, 0) is 13.7 Å². The van der Waals surface area contributed by atoms with Crippen LogP contribution in [0.4, 0.5) is 10.1 Å². The van der Waals surface area contributed by atoms with Crippen molar-refractivity contribution in [2.45, 2.75) is 6.67 Å². The highest BCUT2D eigenvalue weighted by molar-refractivity contribution is 7.18. The van der Waals surface area contributed by atoms with Gasteiger partial charge in [0, 0.05) is 18.2 Å². The highest BCUT2D eigenvalue weighted by Crippen LogP contribution is 2.25. The number of aromatic nitrogens is 1. The summed E-state index contributed by atoms with van der Waals surface area (Å²) in [7, 11) is 1.75. The van der Waals surface area contributed by atoms with Crippen LogP contribution in [0.2, 0.25) is 0 Å². The van der Waals surface area contributed by atoms with Crippen molar-refractivity contribution in [1.29, 1.82) is 0 Å². The molecule has 78 valence electrons. The third-order valence-electron chi connectivity index (χ3n) is 2.23. The number of aryl methyl sites for hydroxylation is 1. The molecular formula is C9H8FN2O2S+. The molecule has 0 bridgehead atoms. The largest absolute Gasteiger partial charge is 0.271 e. The molecule has 1 heterocycles. The van der Waals surface area contributed by atoms with Gasteiger partial charge in [-0.05, 0) is 0 Å². The summed E-state index contributed by atoms with van der Waals surface area (Å²) in [5.41, 5.74) is 0.855. The second-order valence-electron chi connectivity index (χ2n) is 3.10. The SMILES string of the molecule is C[n+]1c(CF)sc2cc([N+](=O)[O-])ccc21. The van der Waals surface area contributed by atoms with E-state index in [-0.39, 0.29) is 5.69 Å². The Morgan fingerprint density at radius 1 is 1.60 bits per heavy atom. The van der Waals surface area contributed by atoms with Gasteiger partial charge < -0.3 is 0 Å². The number of nitrogens with zero attached hydrogens (tertiary/aromatic N) is 2. The Bertz CT molecular complexity index is 538. The summed E-state index contributed by atoms with van der Waals surface area (Å²) < 4.78 is 15.0. The van der Waals surface area contributed by atoms with Crippen molar-refractivity contribution in [1.82, 2.24) is 0 Å². The van der Waals surface area contributed by atoms with Crippen LogP contribution >= 0.6 is 11.3 Å². The van der Waals surface area contributed by atoms with E-state index in [1.165, 1.54) is 23.5 Å². The standard InChI is InChI=1S/C9H8FN2O2S/c1-11-7-3-2-6(12(13)14)4-8(7)15-9(11)5-10/h2-4H,5H2,1H3/q+1. The molecule has 6 heteroatoms. The predicted molar refractivity (Wildman–Crippen MR) is 54.5 cm³/mol. The van der Waals surface area contributed by atoms with Crippen LogP contribution in [0.15, 0.2) is 18.2 Å². The first kappa shape index (κ1) is 9.97. The van der Waals surface area contributed by atoms with Crippen molar-refractivity contribution < 1.29 is 13.9 Å². The number of benzene rings is 1. The lowest BCUT2D eigenvalue weighted by atomic mass is 10.3. The number of hydrogen-bond acceptors (Lipinski definition) is 3. The van der Waals surface area contributed by atoms with Gasteiger partial charge >= 0.3 is 0 Å². The molecule has 0 unspecified atom stereocenters. The molecule has 0 aliphatic heterocycles. The van der Waals surface area contributed by atoms with Crippen LogP contribution in [0.3, 0.4) is 0 Å². The first-order valence-electron chi connectivity index (χ1n) is 4.25. The van der Waals surface area contributed by atoms with E-state index in [9.17, 15) is 14.5 Å². The molecule has 0 atom stereocenters. The number of halogens is 1. The molecule has 0 radical (unpaired) electrons. The van der Waals surface area contributed by atoms with Crippen LogP contribution in [-0.4, -0.2) is 4.92 Å². The number of rotatable bonds is 2. The first-order valence-corrected chi connectivity index (χ1v) is 5.07. The quantitative estimate of drug-likeness (QED) is 0.448. The summed E-state index contributed by atoms with van der Waals surface area (Å²) in [5, 5.41) is 11.1. The normalized spacial score (nSPS) is 10.8. The van der Waals surface area contributed by atoms with Gasteiger partial charge in [0.1, 0.15) is 11.7 Å². The van der Waals surface area contributed by atoms with Crippen LogP contribution in [0.25, 0.3) is 10.2 Å². The second kappa shape index (κ2) is 3.54. The lowest BCUT2D eigenvalue weighted by molar-refractivity contribution is -0.649. The zero-order valence-electron chi connectivity index (χ0n) is 7.94. The summed E-state index contributed by atoms with van der Waals surface area (Å²) >= 11 is 1.24. The monoisotopic (exact) mass is 227 g/mol. The summed E-state index contributed by atoms with van der Waals surface area (Å²) in [4.78, 5) is 10.1. The first-order chi connectivity index (χ1) is 7.13. The molecule has 0 aliphatic carbocycles. The molecule has 0 amide bonds. The van der Waals surface area contributed by atoms with Gasteiger partial charge in [-0.3, -0.25) is 10.1 Å². The zero-order chi connectivity index (χ0) is 11.0. The molecule has 15 heavy (non-hydrogen) atoms. The van der Waals surface area contributed by atoms with Gasteiger partial charge in [-0.15, -0.1) is 0 Å². The number of nitro groups is 1. The van der Waals surface area contributed by atoms with Crippen LogP contribution in [0.5, 0.6) is 0 Å². The zero-order valence-corrected chi connectivity index (χ0v) is 8.75. The van der Waals surface area contributed by atoms with Crippen LogP contribution < -0.4 is 4.57 Å². The minimum atomic E-state index is -0.552. The maximum absolute atomic E-state index is 12.5. The van der Waals surface area contributed by atoms with E-state index in [1.807, 2.05) is 0 Å². The molecule has 2 aromatic rings. The van der Waals surface area contributed by atoms with Gasteiger partial charge in [0.25, 0.3) is 10.7 Å². The van der Waals surface area contributed by atoms with Gasteiger partial charge in [-0.1, -0.05) is 11.3 Å². The van der Waals surface area contributed by atoms with E-state index < -0.39 is 11.6 Å². The second-order valence-corrected chi connectivity index (χ2v) is 4.21. The Balaban J connectivity index is 2.68. The fraction of sp³-hybridized carbons (Fsp3) is 0.222. The van der Waals surface area contributed by atoms with E-state index >= 15 is 0 Å². The number of thiazole rings is 1. The Kier molecular flexibility index (Phi) is 2.36. The molecular weight excluding hydrogens is 219 g/mol. The number of non-ortho nitro benzene ring substituents is 1. The van der Waals surface area contributed by atoms with Crippen molar-refractivity contribution in [2.75, 3.05) is 0 Å². The lowest BCUT2D eigenvalue weighted by Crippen LogP contribution is -2.30. The Morgan fingerprint density at radius 3 is 2.93 bits per heavy atom. The minimum absolute atomic E-state index is 0.0368. The average Bonchev–Trinajstić information content (AvgIpc) is 2.55. The van der Waals surface area contributed by atoms with Crippen molar-refractivity contribution in [3.63, 3.8) is 0 Å². The minimum Gasteiger partial charge on any atom is -0.258 e. The molecule has 0 N–H and O–H groups in total. The van der Waals surface area contributed by atoms with Gasteiger partial charge in [0.2, 0.25) is 5.52 Å². The summed E-state index contributed by atoms with van der Waals surface area (Å²) in [5.74, 6) is 0. The molecule has 1 aromatic heterocycles. The molecule has 0 saturated carbocycles. The lowest BCUT2D eigenvalue weighted by Gasteiger charge is -1.88. The van der Waals surface area contributed by atoms with E-state index in [0.29, 0.717) is 5.01 Å². The fourth-order valence-corrected chi connectivity index (χ4v) is 2.45. The van der Waals surface area contributed by atoms with E-state index in [2.05, 4.69) is 0 Å². The number of fused-ring (bicyclic) bond motifs is 1. The smallest absolute Gasteiger partial charge is 0.258 e. The molecule has 4 nitrogen and oxygen atoms in total. The number of hydrogen-bond donors (Lipinski definition) is 0. The van der Waals surface area contributed by atoms with Gasteiger partial charge in [-0.25, -0.2) is 4.39 Å². The fourth-order valence-electron chi connectivity index (χ4n) is 1.42. The van der Waals surface area contributed by atoms with Crippen molar-refractivity contribution in [3.8, 4) is 0 Å². The Labute approximate surface area is 88.7 Å². The summed E-state index contributed by atoms with van der Waals surface area (Å²) in [6.07, 6.45) is 0. The predicted octanol–water partition coefficient (Wildman–Crippen LogP) is 2.10. The average molecular weight is 227 g/mol. The third kappa shape index (κ3) is 1.56. The van der Waals surface area contributed by atoms with E-state index in [4.69, 9.17) is 0 Å². The number of nitro benzene ring substituents is 1. The molecule has 0 aliphatic rings. The number of alkyl halides is 1. The highest BCUT2D eigenvalue weighted by atomic mass is 32.1. The van der Waals surface area contributed by atoms with Crippen molar-refractivity contribution >= 4 is 27.2 Å². The maximum Gasteiger partial charge on any atom is 0.271 e. The van der Waals surface area contributed by atoms with E-state index in [1.54, 1.807) is 17.7 Å². The highest BCUT2D eigenvalue weighted by Gasteiger charge is 2.18. The van der Waals surface area contributed by atoms with Gasteiger partial charge in [-0.2, -0.15) is 4.57 Å². The molecule has 0 spiro atoms. The molecule has 2 rings (SSSR count). The van der Waals surface area contributed by atoms with Crippen LogP contribution in [0.1, 0.15) is 5.01 Å². The third-order valence-corrected chi connectivity index (χ3v) is 3.40. The van der Waals surface area contributed by atoms with Gasteiger partial charge in [0.15, 0.2) is 6.67 Å². The maximum atomic E-state index is 12.5. The molecule has 0 saturated heterocycles. The summed E-state index contributed by atoms with van der Waals surface area (Å²) in [6.45, 7) is -0.552. The van der Waals surface area contributed by atoms with E-state index in [0.717, 1.165) is 10.2 Å². The summed E-state index contributed by atoms with van der Waals surface area (Å²) in [6, 6.07) is 4.54. The van der Waals surface area contributed by atoms with Crippen molar-refractivity contribution in [2.24, 2.45) is 7.05 Å². The van der Waals surface area contributed by atoms with Gasteiger partial charge in [0.05, 0.1) is 4.92 Å². The molecule has 0 fully saturated rings. The van der Waals surface area contributed by atoms with Crippen molar-refractivity contribution in [3.05, 3.63) is 33.3 Å². The molecule has 1 aromatic carbocycles. The topological polar surface area (TPSA) is 47.0 Å².